The molecule has 0 aromatic rings. The van der Waals surface area contributed by atoms with Gasteiger partial charge in [-0.05, 0) is 6.42 Å². The Kier molecular flexibility index (Phi) is 17.1. The maximum atomic E-state index is 10.7. The van der Waals surface area contributed by atoms with Crippen molar-refractivity contribution < 1.29 is 39.5 Å². The number of carbonyl (C=O) groups is 3. The first-order valence-corrected chi connectivity index (χ1v) is 7.71. The first-order chi connectivity index (χ1) is 10.8. The zero-order chi connectivity index (χ0) is 18.1. The minimum Gasteiger partial charge on any atom is -0.481 e. The standard InChI is InChI=1S/C8H16O2.C7H12O6/c1-2-3-4-5-6-7-8(9)10;8-3-5(9)4-13-7(12)2-1-6(10)11/h2-7H2,1H3,(H,9,10);5,8-9H,1-4H2,(H,10,11). The molecule has 0 bridgehead atoms. The largest absolute Gasteiger partial charge is 0.481 e. The highest BCUT2D eigenvalue weighted by atomic mass is 16.5. The van der Waals surface area contributed by atoms with Gasteiger partial charge in [-0.3, -0.25) is 14.4 Å². The maximum absolute atomic E-state index is 10.7. The molecule has 136 valence electrons. The number of aliphatic carboxylic acids is 2. The lowest BCUT2D eigenvalue weighted by atomic mass is 10.1. The van der Waals surface area contributed by atoms with Crippen LogP contribution in [0.1, 0.15) is 58.3 Å². The van der Waals surface area contributed by atoms with Crippen LogP contribution in [0.3, 0.4) is 0 Å². The summed E-state index contributed by atoms with van der Waals surface area (Å²) in [4.78, 5) is 30.7. The molecule has 1 unspecified atom stereocenters. The van der Waals surface area contributed by atoms with Crippen molar-refractivity contribution >= 4 is 17.9 Å². The minimum absolute atomic E-state index is 0.229. The number of ether oxygens (including phenoxy) is 1. The Balaban J connectivity index is 0. The van der Waals surface area contributed by atoms with E-state index in [0.29, 0.717) is 6.42 Å². The summed E-state index contributed by atoms with van der Waals surface area (Å²) in [5, 5.41) is 33.5. The quantitative estimate of drug-likeness (QED) is 0.307. The van der Waals surface area contributed by atoms with Crippen molar-refractivity contribution in [3.05, 3.63) is 0 Å². The fraction of sp³-hybridized carbons (Fsp3) is 0.800. The molecule has 0 aliphatic rings. The van der Waals surface area contributed by atoms with Gasteiger partial charge in [-0.2, -0.15) is 0 Å². The third kappa shape index (κ3) is 22.7. The Morgan fingerprint density at radius 3 is 1.96 bits per heavy atom. The zero-order valence-corrected chi connectivity index (χ0v) is 13.6. The van der Waals surface area contributed by atoms with Gasteiger partial charge in [0, 0.05) is 6.42 Å². The smallest absolute Gasteiger partial charge is 0.306 e. The van der Waals surface area contributed by atoms with Crippen LogP contribution >= 0.6 is 0 Å². The van der Waals surface area contributed by atoms with Crippen molar-refractivity contribution in [2.24, 2.45) is 0 Å². The monoisotopic (exact) mass is 336 g/mol. The minimum atomic E-state index is -1.10. The van der Waals surface area contributed by atoms with Crippen LogP contribution in [0.5, 0.6) is 0 Å². The first kappa shape index (κ1) is 23.6. The predicted molar refractivity (Wildman–Crippen MR) is 81.9 cm³/mol. The summed E-state index contributed by atoms with van der Waals surface area (Å²) in [5.41, 5.74) is 0. The second-order valence-electron chi connectivity index (χ2n) is 4.97. The van der Waals surface area contributed by atoms with Crippen LogP contribution in [0.2, 0.25) is 0 Å². The first-order valence-electron chi connectivity index (χ1n) is 7.71. The summed E-state index contributed by atoms with van der Waals surface area (Å²) >= 11 is 0. The second kappa shape index (κ2) is 16.7. The summed E-state index contributed by atoms with van der Waals surface area (Å²) in [6, 6.07) is 0. The lowest BCUT2D eigenvalue weighted by Gasteiger charge is -2.07. The van der Waals surface area contributed by atoms with Gasteiger partial charge in [0.25, 0.3) is 0 Å². The van der Waals surface area contributed by atoms with E-state index in [1.54, 1.807) is 0 Å². The molecule has 0 heterocycles. The fourth-order valence-corrected chi connectivity index (χ4v) is 1.40. The molecule has 0 fully saturated rings. The van der Waals surface area contributed by atoms with Crippen LogP contribution in [-0.4, -0.2) is 57.7 Å². The Morgan fingerprint density at radius 1 is 0.913 bits per heavy atom. The molecule has 0 aromatic heterocycles. The predicted octanol–water partition coefficient (Wildman–Crippen LogP) is 1.18. The van der Waals surface area contributed by atoms with E-state index in [1.807, 2.05) is 0 Å². The van der Waals surface area contributed by atoms with Crippen molar-refractivity contribution in [1.29, 1.82) is 0 Å². The van der Waals surface area contributed by atoms with E-state index in [2.05, 4.69) is 11.7 Å². The van der Waals surface area contributed by atoms with Crippen LogP contribution in [0.4, 0.5) is 0 Å². The summed E-state index contributed by atoms with van der Waals surface area (Å²) in [6.45, 7) is 1.35. The van der Waals surface area contributed by atoms with Gasteiger partial charge in [-0.25, -0.2) is 0 Å². The topological polar surface area (TPSA) is 141 Å². The molecule has 0 rings (SSSR count). The highest BCUT2D eigenvalue weighted by molar-refractivity contribution is 5.76. The third-order valence-corrected chi connectivity index (χ3v) is 2.68. The van der Waals surface area contributed by atoms with E-state index in [-0.39, 0.29) is 19.4 Å². The molecular weight excluding hydrogens is 308 g/mol. The van der Waals surface area contributed by atoms with E-state index in [0.717, 1.165) is 12.8 Å². The number of rotatable bonds is 12. The number of esters is 1. The summed E-state index contributed by atoms with van der Waals surface area (Å²) < 4.78 is 4.43. The molecule has 0 aliphatic carbocycles. The molecule has 0 aromatic carbocycles. The molecule has 0 saturated heterocycles. The van der Waals surface area contributed by atoms with E-state index >= 15 is 0 Å². The molecule has 0 amide bonds. The van der Waals surface area contributed by atoms with Crippen LogP contribution in [-0.2, 0) is 19.1 Å². The molecule has 1 atom stereocenters. The van der Waals surface area contributed by atoms with E-state index < -0.39 is 30.6 Å². The van der Waals surface area contributed by atoms with Gasteiger partial charge in [0.2, 0.25) is 0 Å². The number of aliphatic hydroxyl groups excluding tert-OH is 2. The molecule has 23 heavy (non-hydrogen) atoms. The molecule has 8 heteroatoms. The SMILES string of the molecule is CCCCCCCC(=O)O.O=C(O)CCC(=O)OCC(O)CO. The molecule has 8 nitrogen and oxygen atoms in total. The van der Waals surface area contributed by atoms with Gasteiger partial charge in [0.05, 0.1) is 19.4 Å². The molecule has 0 saturated carbocycles. The van der Waals surface area contributed by atoms with Crippen molar-refractivity contribution in [3.63, 3.8) is 0 Å². The Labute approximate surface area is 136 Å². The normalized spacial score (nSPS) is 11.1. The zero-order valence-electron chi connectivity index (χ0n) is 13.6. The number of carboxylic acid groups (broad SMARTS) is 2. The fourth-order valence-electron chi connectivity index (χ4n) is 1.40. The molecule has 0 radical (unpaired) electrons. The lowest BCUT2D eigenvalue weighted by molar-refractivity contribution is -0.150. The number of unbranched alkanes of at least 4 members (excludes halogenated alkanes) is 4. The van der Waals surface area contributed by atoms with Gasteiger partial charge in [-0.1, -0.05) is 32.6 Å². The number of carbonyl (C=O) groups excluding carboxylic acids is 1. The van der Waals surface area contributed by atoms with Crippen LogP contribution in [0.15, 0.2) is 0 Å². The number of aliphatic hydroxyl groups is 2. The number of hydrogen-bond donors (Lipinski definition) is 4. The molecule has 4 N–H and O–H groups in total. The van der Waals surface area contributed by atoms with Crippen LogP contribution in [0, 0.1) is 0 Å². The van der Waals surface area contributed by atoms with E-state index in [1.165, 1.54) is 19.3 Å². The summed E-state index contributed by atoms with van der Waals surface area (Å²) in [7, 11) is 0. The maximum Gasteiger partial charge on any atom is 0.306 e. The summed E-state index contributed by atoms with van der Waals surface area (Å²) in [5.74, 6) is -2.45. The van der Waals surface area contributed by atoms with E-state index in [4.69, 9.17) is 20.4 Å². The van der Waals surface area contributed by atoms with Crippen LogP contribution in [0.25, 0.3) is 0 Å². The number of hydrogen-bond acceptors (Lipinski definition) is 6. The highest BCUT2D eigenvalue weighted by Crippen LogP contribution is 2.04. The summed E-state index contributed by atoms with van der Waals surface area (Å²) in [6.07, 6.45) is 4.26. The molecular formula is C15H28O8. The van der Waals surface area contributed by atoms with Crippen molar-refractivity contribution in [3.8, 4) is 0 Å². The molecule has 0 aliphatic heterocycles. The van der Waals surface area contributed by atoms with Gasteiger partial charge in [0.1, 0.15) is 12.7 Å². The van der Waals surface area contributed by atoms with Crippen LogP contribution < -0.4 is 0 Å². The lowest BCUT2D eigenvalue weighted by Crippen LogP contribution is -2.22. The Hall–Kier alpha value is -1.67. The number of carboxylic acids is 2. The second-order valence-corrected chi connectivity index (χ2v) is 4.97. The van der Waals surface area contributed by atoms with Gasteiger partial charge in [0.15, 0.2) is 0 Å². The Morgan fingerprint density at radius 2 is 1.48 bits per heavy atom. The average Bonchev–Trinajstić information content (AvgIpc) is 2.50. The van der Waals surface area contributed by atoms with Crippen molar-refractivity contribution in [1.82, 2.24) is 0 Å². The van der Waals surface area contributed by atoms with Crippen molar-refractivity contribution in [2.45, 2.75) is 64.4 Å². The third-order valence-electron chi connectivity index (χ3n) is 2.68. The van der Waals surface area contributed by atoms with Gasteiger partial charge >= 0.3 is 17.9 Å². The van der Waals surface area contributed by atoms with Gasteiger partial charge in [-0.15, -0.1) is 0 Å². The van der Waals surface area contributed by atoms with Crippen molar-refractivity contribution in [2.75, 3.05) is 13.2 Å². The molecule has 0 spiro atoms. The van der Waals surface area contributed by atoms with E-state index in [9.17, 15) is 14.4 Å². The Bertz CT molecular complexity index is 329. The van der Waals surface area contributed by atoms with Gasteiger partial charge < -0.3 is 25.2 Å². The average molecular weight is 336 g/mol. The highest BCUT2D eigenvalue weighted by Gasteiger charge is 2.09.